The first-order chi connectivity index (χ1) is 7.33. The molecule has 1 rings (SSSR count). The summed E-state index contributed by atoms with van der Waals surface area (Å²) in [4.78, 5) is 10.9. The molecule has 1 aliphatic rings. The molecule has 1 heterocycles. The van der Waals surface area contributed by atoms with Crippen LogP contribution in [-0.2, 0) is 4.79 Å². The molecule has 0 unspecified atom stereocenters. The third-order valence-corrected chi connectivity index (χ3v) is 2.73. The van der Waals surface area contributed by atoms with Crippen LogP contribution >= 0.6 is 0 Å². The second-order valence-electron chi connectivity index (χ2n) is 4.12. The highest BCUT2D eigenvalue weighted by Gasteiger charge is 2.16. The number of nitrogens with one attached hydrogen (secondary N) is 1. The van der Waals surface area contributed by atoms with E-state index in [1.165, 1.54) is 19.3 Å². The second-order valence-corrected chi connectivity index (χ2v) is 4.12. The van der Waals surface area contributed by atoms with Gasteiger partial charge in [-0.15, -0.1) is 0 Å². The maximum Gasteiger partial charge on any atom is 0.235 e. The van der Waals surface area contributed by atoms with E-state index in [1.807, 2.05) is 5.01 Å². The summed E-state index contributed by atoms with van der Waals surface area (Å²) in [6.45, 7) is 2.16. The van der Waals surface area contributed by atoms with E-state index in [9.17, 15) is 4.79 Å². The van der Waals surface area contributed by atoms with Crippen molar-refractivity contribution in [2.24, 2.45) is 0 Å². The van der Waals surface area contributed by atoms with Gasteiger partial charge in [0.2, 0.25) is 5.91 Å². The highest BCUT2D eigenvalue weighted by atomic mass is 16.2. The smallest absolute Gasteiger partial charge is 0.235 e. The Morgan fingerprint density at radius 3 is 2.40 bits per heavy atom. The predicted molar refractivity (Wildman–Crippen MR) is 59.1 cm³/mol. The SMILES string of the molecule is O=C1CCN(CCCCCCCCO)N1. The summed E-state index contributed by atoms with van der Waals surface area (Å²) in [5, 5.41) is 10.6. The maximum absolute atomic E-state index is 10.9. The van der Waals surface area contributed by atoms with Crippen LogP contribution in [0.1, 0.15) is 44.9 Å². The van der Waals surface area contributed by atoms with Crippen molar-refractivity contribution in [1.82, 2.24) is 10.4 Å². The molecular formula is C11H22N2O2. The average molecular weight is 214 g/mol. The number of amides is 1. The summed E-state index contributed by atoms with van der Waals surface area (Å²) in [6, 6.07) is 0. The first-order valence-electron chi connectivity index (χ1n) is 5.98. The Balaban J connectivity index is 1.83. The zero-order valence-electron chi connectivity index (χ0n) is 9.37. The number of aliphatic hydroxyl groups is 1. The zero-order valence-corrected chi connectivity index (χ0v) is 9.37. The summed E-state index contributed by atoms with van der Waals surface area (Å²) in [6.07, 6.45) is 7.54. The minimum absolute atomic E-state index is 0.151. The van der Waals surface area contributed by atoms with E-state index >= 15 is 0 Å². The van der Waals surface area contributed by atoms with E-state index in [1.54, 1.807) is 0 Å². The molecule has 0 bridgehead atoms. The van der Waals surface area contributed by atoms with Gasteiger partial charge in [-0.2, -0.15) is 0 Å². The largest absolute Gasteiger partial charge is 0.396 e. The van der Waals surface area contributed by atoms with E-state index in [0.717, 1.165) is 32.4 Å². The van der Waals surface area contributed by atoms with E-state index in [0.29, 0.717) is 13.0 Å². The molecule has 0 atom stereocenters. The minimum atomic E-state index is 0.151. The highest BCUT2D eigenvalue weighted by molar-refractivity contribution is 5.77. The molecule has 2 N–H and O–H groups in total. The molecule has 4 heteroatoms. The molecule has 15 heavy (non-hydrogen) atoms. The van der Waals surface area contributed by atoms with Crippen molar-refractivity contribution in [2.45, 2.75) is 44.9 Å². The summed E-state index contributed by atoms with van der Waals surface area (Å²) in [5.41, 5.74) is 2.83. The Morgan fingerprint density at radius 2 is 1.80 bits per heavy atom. The van der Waals surface area contributed by atoms with Gasteiger partial charge in [-0.1, -0.05) is 25.7 Å². The molecule has 88 valence electrons. The fourth-order valence-corrected chi connectivity index (χ4v) is 1.81. The van der Waals surface area contributed by atoms with Crippen molar-refractivity contribution < 1.29 is 9.90 Å². The molecule has 0 aliphatic carbocycles. The minimum Gasteiger partial charge on any atom is -0.396 e. The lowest BCUT2D eigenvalue weighted by Crippen LogP contribution is -2.33. The molecule has 0 aromatic carbocycles. The normalized spacial score (nSPS) is 17.0. The molecule has 0 radical (unpaired) electrons. The lowest BCUT2D eigenvalue weighted by Gasteiger charge is -2.13. The number of carbonyl (C=O) groups is 1. The monoisotopic (exact) mass is 214 g/mol. The number of aliphatic hydroxyl groups excluding tert-OH is 1. The molecule has 1 aliphatic heterocycles. The van der Waals surface area contributed by atoms with Gasteiger partial charge in [0.05, 0.1) is 0 Å². The lowest BCUT2D eigenvalue weighted by atomic mass is 10.1. The van der Waals surface area contributed by atoms with Crippen LogP contribution in [0.2, 0.25) is 0 Å². The van der Waals surface area contributed by atoms with Gasteiger partial charge in [0.25, 0.3) is 0 Å². The number of unbranched alkanes of at least 4 members (excludes halogenated alkanes) is 5. The molecule has 1 saturated heterocycles. The van der Waals surface area contributed by atoms with Crippen LogP contribution in [0.5, 0.6) is 0 Å². The number of hydrazine groups is 1. The quantitative estimate of drug-likeness (QED) is 0.594. The summed E-state index contributed by atoms with van der Waals surface area (Å²) < 4.78 is 0. The highest BCUT2D eigenvalue weighted by Crippen LogP contribution is 2.07. The van der Waals surface area contributed by atoms with Crippen molar-refractivity contribution in [2.75, 3.05) is 19.7 Å². The predicted octanol–water partition coefficient (Wildman–Crippen LogP) is 1.06. The van der Waals surface area contributed by atoms with E-state index in [2.05, 4.69) is 5.43 Å². The number of hydrogen-bond donors (Lipinski definition) is 2. The van der Waals surface area contributed by atoms with Crippen molar-refractivity contribution in [1.29, 1.82) is 0 Å². The van der Waals surface area contributed by atoms with Crippen LogP contribution in [0.3, 0.4) is 0 Å². The number of carbonyl (C=O) groups excluding carboxylic acids is 1. The van der Waals surface area contributed by atoms with Gasteiger partial charge in [-0.25, -0.2) is 5.01 Å². The third-order valence-electron chi connectivity index (χ3n) is 2.73. The molecule has 1 fully saturated rings. The van der Waals surface area contributed by atoms with Crippen LogP contribution < -0.4 is 5.43 Å². The fraction of sp³-hybridized carbons (Fsp3) is 0.909. The summed E-state index contributed by atoms with van der Waals surface area (Å²) in [5.74, 6) is 0.151. The number of nitrogens with zero attached hydrogens (tertiary/aromatic N) is 1. The van der Waals surface area contributed by atoms with E-state index in [-0.39, 0.29) is 5.91 Å². The van der Waals surface area contributed by atoms with Crippen molar-refractivity contribution in [3.8, 4) is 0 Å². The number of rotatable bonds is 8. The van der Waals surface area contributed by atoms with Crippen LogP contribution in [-0.4, -0.2) is 35.7 Å². The van der Waals surface area contributed by atoms with Gasteiger partial charge in [0, 0.05) is 26.1 Å². The molecular weight excluding hydrogens is 192 g/mol. The summed E-state index contributed by atoms with van der Waals surface area (Å²) in [7, 11) is 0. The Morgan fingerprint density at radius 1 is 1.13 bits per heavy atom. The van der Waals surface area contributed by atoms with E-state index < -0.39 is 0 Å². The van der Waals surface area contributed by atoms with Gasteiger partial charge < -0.3 is 5.11 Å². The first-order valence-corrected chi connectivity index (χ1v) is 5.98. The maximum atomic E-state index is 10.9. The van der Waals surface area contributed by atoms with Gasteiger partial charge in [-0.3, -0.25) is 10.2 Å². The van der Waals surface area contributed by atoms with Crippen molar-refractivity contribution >= 4 is 5.91 Å². The number of hydrogen-bond acceptors (Lipinski definition) is 3. The average Bonchev–Trinajstić information content (AvgIpc) is 2.63. The first kappa shape index (κ1) is 12.5. The van der Waals surface area contributed by atoms with Crippen molar-refractivity contribution in [3.63, 3.8) is 0 Å². The third kappa shape index (κ3) is 5.74. The molecule has 1 amide bonds. The Labute approximate surface area is 91.6 Å². The Kier molecular flexibility index (Phi) is 6.36. The van der Waals surface area contributed by atoms with Gasteiger partial charge in [-0.05, 0) is 12.8 Å². The van der Waals surface area contributed by atoms with Crippen LogP contribution in [0, 0.1) is 0 Å². The van der Waals surface area contributed by atoms with Crippen LogP contribution in [0.25, 0.3) is 0 Å². The van der Waals surface area contributed by atoms with Gasteiger partial charge in [0.1, 0.15) is 0 Å². The topological polar surface area (TPSA) is 52.6 Å². The van der Waals surface area contributed by atoms with Gasteiger partial charge in [0.15, 0.2) is 0 Å². The fourth-order valence-electron chi connectivity index (χ4n) is 1.81. The second kappa shape index (κ2) is 7.65. The van der Waals surface area contributed by atoms with E-state index in [4.69, 9.17) is 5.11 Å². The molecule has 4 nitrogen and oxygen atoms in total. The molecule has 0 saturated carbocycles. The summed E-state index contributed by atoms with van der Waals surface area (Å²) >= 11 is 0. The standard InChI is InChI=1S/C11H22N2O2/c14-10-6-4-2-1-3-5-8-13-9-7-11(15)12-13/h14H,1-10H2,(H,12,15). The molecule has 0 spiro atoms. The lowest BCUT2D eigenvalue weighted by molar-refractivity contribution is -0.121. The van der Waals surface area contributed by atoms with Gasteiger partial charge >= 0.3 is 0 Å². The Hall–Kier alpha value is -0.610. The van der Waals surface area contributed by atoms with Crippen molar-refractivity contribution in [3.05, 3.63) is 0 Å². The Bertz CT molecular complexity index is 185. The van der Waals surface area contributed by atoms with Crippen LogP contribution in [0.4, 0.5) is 0 Å². The molecule has 0 aromatic heterocycles. The van der Waals surface area contributed by atoms with Crippen LogP contribution in [0.15, 0.2) is 0 Å². The zero-order chi connectivity index (χ0) is 10.9. The molecule has 0 aromatic rings.